The summed E-state index contributed by atoms with van der Waals surface area (Å²) in [4.78, 5) is 84.3. The molecule has 4 aliphatic rings. The molecule has 17 heteroatoms. The Hall–Kier alpha value is -6.25. The predicted molar refractivity (Wildman–Crippen MR) is 238 cm³/mol. The zero-order chi connectivity index (χ0) is 45.0. The minimum absolute atomic E-state index is 0.0194. The molecule has 0 saturated carbocycles. The summed E-state index contributed by atoms with van der Waals surface area (Å²) in [6.45, 7) is 18.1. The van der Waals surface area contributed by atoms with Crippen LogP contribution in [0.15, 0.2) is 72.9 Å². The number of carbonyl (C=O) groups is 5. The Morgan fingerprint density at radius 3 is 2.44 bits per heavy atom. The van der Waals surface area contributed by atoms with E-state index in [9.17, 15) is 24.0 Å². The second-order valence-electron chi connectivity index (χ2n) is 17.0. The average Bonchev–Trinajstić information content (AvgIpc) is 3.56. The normalized spacial score (nSPS) is 18.8. The van der Waals surface area contributed by atoms with Gasteiger partial charge in [0.25, 0.3) is 11.8 Å². The molecule has 1 unspecified atom stereocenters. The van der Waals surface area contributed by atoms with Crippen LogP contribution in [0.2, 0.25) is 5.02 Å². The molecular weight excluding hydrogens is 838 g/mol. The molecule has 4 aromatic rings. The number of fused-ring (bicyclic) bond motifs is 1. The predicted octanol–water partition coefficient (Wildman–Crippen LogP) is 5.23. The zero-order valence-corrected chi connectivity index (χ0v) is 36.6. The molecule has 3 fully saturated rings. The van der Waals surface area contributed by atoms with Crippen LogP contribution in [-0.4, -0.2) is 125 Å². The Kier molecular flexibility index (Phi) is 13.3. The zero-order valence-electron chi connectivity index (χ0n) is 35.8. The van der Waals surface area contributed by atoms with E-state index in [1.54, 1.807) is 18.3 Å². The van der Waals surface area contributed by atoms with Gasteiger partial charge in [0.05, 0.1) is 35.7 Å². The summed E-state index contributed by atoms with van der Waals surface area (Å²) in [5.41, 5.74) is 3.30. The van der Waals surface area contributed by atoms with Gasteiger partial charge in [-0.25, -0.2) is 14.8 Å². The first-order valence-corrected chi connectivity index (χ1v) is 21.9. The Balaban J connectivity index is 0.735. The van der Waals surface area contributed by atoms with Crippen LogP contribution in [0.1, 0.15) is 77.1 Å². The number of imide groups is 2. The molecule has 1 atom stereocenters. The lowest BCUT2D eigenvalue weighted by molar-refractivity contribution is -0.136. The summed E-state index contributed by atoms with van der Waals surface area (Å²) in [5.74, 6) is -1.50. The van der Waals surface area contributed by atoms with Gasteiger partial charge in [-0.3, -0.25) is 39.1 Å². The van der Waals surface area contributed by atoms with Crippen LogP contribution in [0.4, 0.5) is 17.3 Å². The van der Waals surface area contributed by atoms with Gasteiger partial charge < -0.3 is 24.6 Å². The number of hydrogen-bond acceptors (Lipinski definition) is 12. The molecule has 3 aromatic carbocycles. The second kappa shape index (κ2) is 19.2. The molecule has 5 amide bonds. The summed E-state index contributed by atoms with van der Waals surface area (Å²) in [6.07, 6.45) is 3.92. The van der Waals surface area contributed by atoms with E-state index in [-0.39, 0.29) is 41.7 Å². The Morgan fingerprint density at radius 1 is 0.938 bits per heavy atom. The van der Waals surface area contributed by atoms with Crippen LogP contribution in [0.3, 0.4) is 0 Å². The Bertz CT molecular complexity index is 2480. The van der Waals surface area contributed by atoms with Crippen molar-refractivity contribution in [3.63, 3.8) is 0 Å². The number of rotatable bonds is 14. The molecule has 0 spiro atoms. The van der Waals surface area contributed by atoms with Crippen molar-refractivity contribution in [3.8, 4) is 5.75 Å². The van der Waals surface area contributed by atoms with E-state index < -0.39 is 35.6 Å². The monoisotopic (exact) mass is 887 g/mol. The number of nitrogens with one attached hydrogen (secondary N) is 2. The molecule has 0 radical (unpaired) electrons. The fraction of sp³-hybridized carbons (Fsp3) is 0.404. The van der Waals surface area contributed by atoms with Crippen LogP contribution < -0.4 is 20.3 Å². The number of benzene rings is 3. The van der Waals surface area contributed by atoms with E-state index in [2.05, 4.69) is 49.0 Å². The lowest BCUT2D eigenvalue weighted by Gasteiger charge is -2.42. The van der Waals surface area contributed by atoms with Crippen molar-refractivity contribution in [1.29, 1.82) is 0 Å². The number of ether oxygens (including phenoxy) is 2. The first kappa shape index (κ1) is 44.4. The highest BCUT2D eigenvalue weighted by molar-refractivity contribution is 6.31. The van der Waals surface area contributed by atoms with Crippen molar-refractivity contribution in [2.24, 2.45) is 0 Å². The number of aromatic nitrogens is 2. The number of piperazine rings is 1. The summed E-state index contributed by atoms with van der Waals surface area (Å²) in [7, 11) is 0. The van der Waals surface area contributed by atoms with Crippen molar-refractivity contribution in [1.82, 2.24) is 30.0 Å². The standard InChI is InChI=1S/C47H50ClN9O7/c1-47(2,31-25-32(48)27-34(26-31)49-3)30-7-9-36(10-8-30)64-28-33-13-16-50-46(51-33)56-21-19-55(20-22-56)35-14-17-54(18-15-35)23-24-63-29-41(59)52-38-6-4-5-37-42(38)45(62)57(44(37)61)39-11-12-40(58)53-43(39)60/h4-10,13,16,25-27,35,39H,11-12,14-15,17-24,28-29H2,1-2H3,(H,52,59)(H,53,58,60). The maximum Gasteiger partial charge on any atom is 0.264 e. The quantitative estimate of drug-likeness (QED) is 0.0963. The summed E-state index contributed by atoms with van der Waals surface area (Å²) < 4.78 is 11.8. The smallest absolute Gasteiger partial charge is 0.264 e. The lowest BCUT2D eigenvalue weighted by Crippen LogP contribution is -2.54. The van der Waals surface area contributed by atoms with Crippen molar-refractivity contribution < 1.29 is 33.4 Å². The third-order valence-corrected chi connectivity index (χ3v) is 12.8. The lowest BCUT2D eigenvalue weighted by atomic mass is 9.78. The fourth-order valence-corrected chi connectivity index (χ4v) is 9.10. The molecule has 0 aliphatic carbocycles. The van der Waals surface area contributed by atoms with E-state index in [1.165, 1.54) is 12.1 Å². The van der Waals surface area contributed by atoms with E-state index in [1.807, 2.05) is 42.5 Å². The first-order chi connectivity index (χ1) is 30.9. The molecule has 2 N–H and O–H groups in total. The van der Waals surface area contributed by atoms with Crippen LogP contribution in [-0.2, 0) is 31.1 Å². The molecule has 332 valence electrons. The van der Waals surface area contributed by atoms with Crippen LogP contribution in [0.25, 0.3) is 4.85 Å². The van der Waals surface area contributed by atoms with E-state index >= 15 is 0 Å². The van der Waals surface area contributed by atoms with Gasteiger partial charge in [-0.15, -0.1) is 0 Å². The SMILES string of the molecule is [C-]#[N+]c1cc(Cl)cc(C(C)(C)c2ccc(OCc3ccnc(N4CCN(C5CCN(CCOCC(=O)Nc6cccc7c6C(=O)N(C6CCC(=O)NC6=O)C7=O)CC5)CC4)n3)cc2)c1. The van der Waals surface area contributed by atoms with Gasteiger partial charge >= 0.3 is 0 Å². The number of carbonyl (C=O) groups excluding carboxylic acids is 5. The maximum atomic E-state index is 13.3. The van der Waals surface area contributed by atoms with Crippen LogP contribution >= 0.6 is 11.6 Å². The summed E-state index contributed by atoms with van der Waals surface area (Å²) in [6, 6.07) is 19.3. The van der Waals surface area contributed by atoms with Crippen molar-refractivity contribution in [2.75, 3.05) is 69.2 Å². The first-order valence-electron chi connectivity index (χ1n) is 21.6. The van der Waals surface area contributed by atoms with Crippen molar-refractivity contribution >= 4 is 58.5 Å². The molecule has 64 heavy (non-hydrogen) atoms. The number of amides is 5. The molecular formula is C47H50ClN9O7. The van der Waals surface area contributed by atoms with Gasteiger partial charge in [-0.1, -0.05) is 49.7 Å². The number of hydrogen-bond donors (Lipinski definition) is 2. The number of likely N-dealkylation sites (tertiary alicyclic amines) is 1. The fourth-order valence-electron chi connectivity index (χ4n) is 8.87. The highest BCUT2D eigenvalue weighted by Gasteiger charge is 2.45. The number of nitrogens with zero attached hydrogens (tertiary/aromatic N) is 7. The third-order valence-electron chi connectivity index (χ3n) is 12.6. The summed E-state index contributed by atoms with van der Waals surface area (Å²) in [5, 5.41) is 5.42. The van der Waals surface area contributed by atoms with Gasteiger partial charge in [0.1, 0.15) is 25.0 Å². The average molecular weight is 888 g/mol. The van der Waals surface area contributed by atoms with Crippen LogP contribution in [0.5, 0.6) is 5.75 Å². The van der Waals surface area contributed by atoms with E-state index in [4.69, 9.17) is 32.6 Å². The second-order valence-corrected chi connectivity index (χ2v) is 17.4. The van der Waals surface area contributed by atoms with Crippen LogP contribution in [0, 0.1) is 6.57 Å². The number of anilines is 2. The molecule has 16 nitrogen and oxygen atoms in total. The third kappa shape index (κ3) is 9.78. The Labute approximate surface area is 376 Å². The van der Waals surface area contributed by atoms with Gasteiger partial charge in [0, 0.05) is 61.8 Å². The number of piperidine rings is 2. The molecule has 8 rings (SSSR count). The van der Waals surface area contributed by atoms with E-state index in [0.29, 0.717) is 42.5 Å². The van der Waals surface area contributed by atoms with Gasteiger partial charge in [0.15, 0.2) is 5.69 Å². The van der Waals surface area contributed by atoms with Gasteiger partial charge in [-0.05, 0) is 85.9 Å². The highest BCUT2D eigenvalue weighted by Crippen LogP contribution is 2.37. The number of halogens is 1. The largest absolute Gasteiger partial charge is 0.487 e. The van der Waals surface area contributed by atoms with Gasteiger partial charge in [-0.2, -0.15) is 0 Å². The molecule has 3 saturated heterocycles. The minimum Gasteiger partial charge on any atom is -0.487 e. The minimum atomic E-state index is -1.09. The van der Waals surface area contributed by atoms with Crippen molar-refractivity contribution in [3.05, 3.63) is 117 Å². The highest BCUT2D eigenvalue weighted by atomic mass is 35.5. The van der Waals surface area contributed by atoms with E-state index in [0.717, 1.165) is 79.6 Å². The molecule has 1 aromatic heterocycles. The molecule has 0 bridgehead atoms. The summed E-state index contributed by atoms with van der Waals surface area (Å²) >= 11 is 6.31. The van der Waals surface area contributed by atoms with Gasteiger partial charge in [0.2, 0.25) is 23.7 Å². The topological polar surface area (TPSA) is 171 Å². The molecule has 5 heterocycles. The van der Waals surface area contributed by atoms with Crippen molar-refractivity contribution in [2.45, 2.75) is 63.6 Å². The maximum absolute atomic E-state index is 13.3. The molecule has 4 aliphatic heterocycles. The Morgan fingerprint density at radius 2 is 1.70 bits per heavy atom.